The van der Waals surface area contributed by atoms with Crippen molar-refractivity contribution < 1.29 is 0 Å². The second kappa shape index (κ2) is 7.31. The summed E-state index contributed by atoms with van der Waals surface area (Å²) in [7, 11) is 0. The normalized spacial score (nSPS) is 19.0. The van der Waals surface area contributed by atoms with Gasteiger partial charge < -0.3 is 10.2 Å². The van der Waals surface area contributed by atoms with Crippen LogP contribution < -0.4 is 10.2 Å². The maximum absolute atomic E-state index is 3.74. The maximum atomic E-state index is 3.74. The van der Waals surface area contributed by atoms with Crippen LogP contribution in [0.4, 0.5) is 5.69 Å². The molecule has 1 aliphatic carbocycles. The van der Waals surface area contributed by atoms with Crippen LogP contribution in [0.15, 0.2) is 18.2 Å². The minimum absolute atomic E-state index is 0.766. The van der Waals surface area contributed by atoms with Crippen molar-refractivity contribution in [1.82, 2.24) is 5.32 Å². The molecule has 0 saturated heterocycles. The smallest absolute Gasteiger partial charge is 0.0398 e. The fraction of sp³-hybridized carbons (Fsp3) is 0.684. The molecule has 0 aromatic heterocycles. The number of rotatable bonds is 6. The highest BCUT2D eigenvalue weighted by Crippen LogP contribution is 2.28. The maximum Gasteiger partial charge on any atom is 0.0398 e. The lowest BCUT2D eigenvalue weighted by atomic mass is 9.98. The number of anilines is 1. The zero-order valence-corrected chi connectivity index (χ0v) is 13.5. The molecule has 1 aromatic rings. The van der Waals surface area contributed by atoms with Crippen LogP contribution in [0.2, 0.25) is 0 Å². The first-order chi connectivity index (χ1) is 10.4. The molecule has 1 aromatic carbocycles. The molecule has 0 amide bonds. The predicted octanol–water partition coefficient (Wildman–Crippen LogP) is 4.27. The summed E-state index contributed by atoms with van der Waals surface area (Å²) in [6.45, 7) is 5.80. The number of hydrogen-bond acceptors (Lipinski definition) is 2. The molecule has 1 heterocycles. The van der Waals surface area contributed by atoms with E-state index in [9.17, 15) is 0 Å². The first-order valence-electron chi connectivity index (χ1n) is 8.97. The Hall–Kier alpha value is -1.02. The van der Waals surface area contributed by atoms with Crippen molar-refractivity contribution in [2.75, 3.05) is 18.0 Å². The van der Waals surface area contributed by atoms with E-state index in [-0.39, 0.29) is 0 Å². The van der Waals surface area contributed by atoms with Gasteiger partial charge in [-0.2, -0.15) is 0 Å². The Balaban J connectivity index is 1.62. The molecule has 0 bridgehead atoms. The van der Waals surface area contributed by atoms with Crippen LogP contribution in [-0.2, 0) is 13.0 Å². The predicted molar refractivity (Wildman–Crippen MR) is 91.0 cm³/mol. The molecule has 0 unspecified atom stereocenters. The van der Waals surface area contributed by atoms with Gasteiger partial charge in [0.1, 0.15) is 0 Å². The van der Waals surface area contributed by atoms with E-state index < -0.39 is 0 Å². The summed E-state index contributed by atoms with van der Waals surface area (Å²) in [6.07, 6.45) is 10.7. The lowest BCUT2D eigenvalue weighted by Gasteiger charge is -2.31. The Morgan fingerprint density at radius 2 is 2.05 bits per heavy atom. The standard InChI is InChI=1S/C19H30N2/c1-2-3-12-21-13-6-7-17-14-16(10-11-19(17)21)15-20-18-8-4-5-9-18/h10-11,14,18,20H,2-9,12-13,15H2,1H3. The molecule has 3 rings (SSSR count). The van der Waals surface area contributed by atoms with Crippen molar-refractivity contribution in [3.8, 4) is 0 Å². The van der Waals surface area contributed by atoms with E-state index in [0.29, 0.717) is 0 Å². The number of nitrogens with one attached hydrogen (secondary N) is 1. The van der Waals surface area contributed by atoms with E-state index in [1.54, 1.807) is 5.56 Å². The van der Waals surface area contributed by atoms with Crippen molar-refractivity contribution >= 4 is 5.69 Å². The van der Waals surface area contributed by atoms with E-state index >= 15 is 0 Å². The summed E-state index contributed by atoms with van der Waals surface area (Å²) in [5, 5.41) is 3.74. The van der Waals surface area contributed by atoms with Crippen LogP contribution in [0.5, 0.6) is 0 Å². The summed E-state index contributed by atoms with van der Waals surface area (Å²) in [5.74, 6) is 0. The average molecular weight is 286 g/mol. The Kier molecular flexibility index (Phi) is 5.18. The topological polar surface area (TPSA) is 15.3 Å². The minimum atomic E-state index is 0.766. The van der Waals surface area contributed by atoms with Crippen molar-refractivity contribution in [3.63, 3.8) is 0 Å². The molecule has 21 heavy (non-hydrogen) atoms. The SMILES string of the molecule is CCCCN1CCCc2cc(CNC3CCCC3)ccc21. The highest BCUT2D eigenvalue weighted by molar-refractivity contribution is 5.56. The molecule has 116 valence electrons. The molecule has 2 heteroatoms. The van der Waals surface area contributed by atoms with E-state index in [4.69, 9.17) is 0 Å². The fourth-order valence-corrected chi connectivity index (χ4v) is 3.81. The largest absolute Gasteiger partial charge is 0.371 e. The molecule has 1 fully saturated rings. The van der Waals surface area contributed by atoms with E-state index in [0.717, 1.165) is 12.6 Å². The highest BCUT2D eigenvalue weighted by Gasteiger charge is 2.17. The second-order valence-electron chi connectivity index (χ2n) is 6.77. The van der Waals surface area contributed by atoms with E-state index in [1.807, 2.05) is 0 Å². The summed E-state index contributed by atoms with van der Waals surface area (Å²) < 4.78 is 0. The molecule has 0 atom stereocenters. The average Bonchev–Trinajstić information content (AvgIpc) is 3.04. The lowest BCUT2D eigenvalue weighted by molar-refractivity contribution is 0.524. The van der Waals surface area contributed by atoms with Gasteiger partial charge in [-0.1, -0.05) is 38.3 Å². The molecule has 1 saturated carbocycles. The lowest BCUT2D eigenvalue weighted by Crippen LogP contribution is -2.30. The van der Waals surface area contributed by atoms with Gasteiger partial charge in [0.05, 0.1) is 0 Å². The van der Waals surface area contributed by atoms with Gasteiger partial charge in [-0.25, -0.2) is 0 Å². The van der Waals surface area contributed by atoms with Crippen molar-refractivity contribution in [3.05, 3.63) is 29.3 Å². The van der Waals surface area contributed by atoms with Gasteiger partial charge in [0, 0.05) is 31.4 Å². The summed E-state index contributed by atoms with van der Waals surface area (Å²) in [6, 6.07) is 7.93. The third-order valence-electron chi connectivity index (χ3n) is 5.09. The number of hydrogen-bond donors (Lipinski definition) is 1. The van der Waals surface area contributed by atoms with Gasteiger partial charge in [0.15, 0.2) is 0 Å². The quantitative estimate of drug-likeness (QED) is 0.840. The highest BCUT2D eigenvalue weighted by atomic mass is 15.1. The zero-order chi connectivity index (χ0) is 14.5. The van der Waals surface area contributed by atoms with Crippen molar-refractivity contribution in [1.29, 1.82) is 0 Å². The van der Waals surface area contributed by atoms with Crippen LogP contribution in [0.1, 0.15) is 63.0 Å². The Bertz CT molecular complexity index is 449. The van der Waals surface area contributed by atoms with E-state index in [2.05, 4.69) is 35.3 Å². The number of aryl methyl sites for hydroxylation is 1. The van der Waals surface area contributed by atoms with Crippen LogP contribution in [0, 0.1) is 0 Å². The van der Waals surface area contributed by atoms with Crippen molar-refractivity contribution in [2.45, 2.75) is 70.9 Å². The second-order valence-corrected chi connectivity index (χ2v) is 6.77. The Morgan fingerprint density at radius 3 is 2.86 bits per heavy atom. The molecular formula is C19H30N2. The Morgan fingerprint density at radius 1 is 1.19 bits per heavy atom. The third kappa shape index (κ3) is 3.79. The number of unbranched alkanes of at least 4 members (excludes halogenated alkanes) is 1. The molecule has 0 radical (unpaired) electrons. The van der Waals surface area contributed by atoms with Gasteiger partial charge in [-0.15, -0.1) is 0 Å². The third-order valence-corrected chi connectivity index (χ3v) is 5.09. The fourth-order valence-electron chi connectivity index (χ4n) is 3.81. The van der Waals surface area contributed by atoms with Crippen molar-refractivity contribution in [2.24, 2.45) is 0 Å². The van der Waals surface area contributed by atoms with Gasteiger partial charge >= 0.3 is 0 Å². The minimum Gasteiger partial charge on any atom is -0.371 e. The zero-order valence-electron chi connectivity index (χ0n) is 13.5. The first-order valence-corrected chi connectivity index (χ1v) is 8.97. The van der Waals surface area contributed by atoms with Gasteiger partial charge in [0.2, 0.25) is 0 Å². The number of benzene rings is 1. The van der Waals surface area contributed by atoms with Gasteiger partial charge in [0.25, 0.3) is 0 Å². The number of nitrogens with zero attached hydrogens (tertiary/aromatic N) is 1. The molecule has 2 nitrogen and oxygen atoms in total. The van der Waals surface area contributed by atoms with Gasteiger partial charge in [-0.3, -0.25) is 0 Å². The molecule has 1 N–H and O–H groups in total. The molecule has 0 spiro atoms. The first kappa shape index (κ1) is 14.9. The van der Waals surface area contributed by atoms with Crippen LogP contribution in [0.3, 0.4) is 0 Å². The molecule has 1 aliphatic heterocycles. The molecular weight excluding hydrogens is 256 g/mol. The van der Waals surface area contributed by atoms with Gasteiger partial charge in [-0.05, 0) is 49.3 Å². The number of fused-ring (bicyclic) bond motifs is 1. The summed E-state index contributed by atoms with van der Waals surface area (Å²) in [5.41, 5.74) is 4.54. The van der Waals surface area contributed by atoms with E-state index in [1.165, 1.54) is 75.7 Å². The van der Waals surface area contributed by atoms with Crippen LogP contribution in [0.25, 0.3) is 0 Å². The van der Waals surface area contributed by atoms with Crippen LogP contribution >= 0.6 is 0 Å². The monoisotopic (exact) mass is 286 g/mol. The molecule has 2 aliphatic rings. The Labute approximate surface area is 129 Å². The summed E-state index contributed by atoms with van der Waals surface area (Å²) >= 11 is 0. The van der Waals surface area contributed by atoms with Crippen LogP contribution in [-0.4, -0.2) is 19.1 Å². The summed E-state index contributed by atoms with van der Waals surface area (Å²) in [4.78, 5) is 2.59.